The van der Waals surface area contributed by atoms with Gasteiger partial charge in [0.15, 0.2) is 0 Å². The lowest BCUT2D eigenvalue weighted by molar-refractivity contribution is -0.126. The summed E-state index contributed by atoms with van der Waals surface area (Å²) in [5.41, 5.74) is 0.855. The molecule has 2 unspecified atom stereocenters. The molecule has 1 aliphatic rings. The first-order valence-electron chi connectivity index (χ1n) is 5.54. The Labute approximate surface area is 101 Å². The van der Waals surface area contributed by atoms with E-state index in [9.17, 15) is 4.79 Å². The molecule has 1 N–H and O–H groups in total. The van der Waals surface area contributed by atoms with Gasteiger partial charge in [-0.3, -0.25) is 4.79 Å². The highest BCUT2D eigenvalue weighted by atomic mass is 35.5. The van der Waals surface area contributed by atoms with Crippen LogP contribution in [0.4, 0.5) is 0 Å². The summed E-state index contributed by atoms with van der Waals surface area (Å²) >= 11 is 5.86. The Morgan fingerprint density at radius 2 is 2.06 bits per heavy atom. The Kier molecular flexibility index (Phi) is 3.04. The first kappa shape index (κ1) is 11.6. The molecular formula is C13H16ClNO. The highest BCUT2D eigenvalue weighted by Gasteiger charge is 2.43. The normalized spacial score (nSPS) is 29.3. The molecule has 2 rings (SSSR count). The third-order valence-corrected chi connectivity index (χ3v) is 3.89. The molecule has 1 fully saturated rings. The molecule has 1 heterocycles. The van der Waals surface area contributed by atoms with Crippen molar-refractivity contribution in [2.45, 2.75) is 26.3 Å². The number of benzene rings is 1. The molecular weight excluding hydrogens is 222 g/mol. The standard InChI is InChI=1S/C13H16ClNO/c1-9(16)13(2)7-8-15-12(13)10-3-5-11(14)6-4-10/h3-6,12,15H,7-8H2,1-2H3. The summed E-state index contributed by atoms with van der Waals surface area (Å²) in [5.74, 6) is 0.248. The maximum absolute atomic E-state index is 11.8. The topological polar surface area (TPSA) is 29.1 Å². The lowest BCUT2D eigenvalue weighted by Gasteiger charge is -2.28. The molecule has 86 valence electrons. The van der Waals surface area contributed by atoms with Crippen molar-refractivity contribution in [3.63, 3.8) is 0 Å². The van der Waals surface area contributed by atoms with Crippen LogP contribution in [0.5, 0.6) is 0 Å². The lowest BCUT2D eigenvalue weighted by Crippen LogP contribution is -2.32. The monoisotopic (exact) mass is 237 g/mol. The number of rotatable bonds is 2. The van der Waals surface area contributed by atoms with Crippen molar-refractivity contribution < 1.29 is 4.79 Å². The molecule has 0 amide bonds. The van der Waals surface area contributed by atoms with Gasteiger partial charge in [0.25, 0.3) is 0 Å². The van der Waals surface area contributed by atoms with Gasteiger partial charge >= 0.3 is 0 Å². The Balaban J connectivity index is 2.33. The van der Waals surface area contributed by atoms with Crippen molar-refractivity contribution in [3.05, 3.63) is 34.9 Å². The predicted molar refractivity (Wildman–Crippen MR) is 65.6 cm³/mol. The molecule has 2 atom stereocenters. The summed E-state index contributed by atoms with van der Waals surface area (Å²) in [6.45, 7) is 4.61. The maximum Gasteiger partial charge on any atom is 0.137 e. The van der Waals surface area contributed by atoms with Gasteiger partial charge in [-0.05, 0) is 37.6 Å². The third kappa shape index (κ3) is 1.87. The minimum absolute atomic E-state index is 0.113. The SMILES string of the molecule is CC(=O)C1(C)CCNC1c1ccc(Cl)cc1. The first-order chi connectivity index (χ1) is 7.54. The molecule has 1 aliphatic heterocycles. The Bertz CT molecular complexity index is 401. The van der Waals surface area contributed by atoms with Gasteiger partial charge in [-0.2, -0.15) is 0 Å². The average Bonchev–Trinajstić information content (AvgIpc) is 2.63. The third-order valence-electron chi connectivity index (χ3n) is 3.64. The van der Waals surface area contributed by atoms with E-state index in [0.717, 1.165) is 23.6 Å². The van der Waals surface area contributed by atoms with E-state index in [0.29, 0.717) is 0 Å². The number of halogens is 1. The fourth-order valence-electron chi connectivity index (χ4n) is 2.37. The van der Waals surface area contributed by atoms with Crippen LogP contribution >= 0.6 is 11.6 Å². The van der Waals surface area contributed by atoms with Crippen LogP contribution in [0.15, 0.2) is 24.3 Å². The largest absolute Gasteiger partial charge is 0.309 e. The van der Waals surface area contributed by atoms with Crippen molar-refractivity contribution in [3.8, 4) is 0 Å². The molecule has 3 heteroatoms. The number of ketones is 1. The van der Waals surface area contributed by atoms with Crippen LogP contribution in [0.2, 0.25) is 5.02 Å². The second-order valence-electron chi connectivity index (χ2n) is 4.66. The smallest absolute Gasteiger partial charge is 0.137 e. The van der Waals surface area contributed by atoms with E-state index in [1.165, 1.54) is 0 Å². The molecule has 1 aromatic rings. The zero-order valence-electron chi connectivity index (χ0n) is 9.59. The van der Waals surface area contributed by atoms with Crippen LogP contribution in [0.3, 0.4) is 0 Å². The Morgan fingerprint density at radius 1 is 1.44 bits per heavy atom. The van der Waals surface area contributed by atoms with E-state index in [1.807, 2.05) is 31.2 Å². The van der Waals surface area contributed by atoms with Gasteiger partial charge in [-0.1, -0.05) is 30.7 Å². The summed E-state index contributed by atoms with van der Waals surface area (Å²) in [5, 5.41) is 4.13. The van der Waals surface area contributed by atoms with Gasteiger partial charge in [0.1, 0.15) is 5.78 Å². The zero-order chi connectivity index (χ0) is 11.8. The molecule has 0 radical (unpaired) electrons. The van der Waals surface area contributed by atoms with Gasteiger partial charge in [-0.25, -0.2) is 0 Å². The lowest BCUT2D eigenvalue weighted by atomic mass is 9.76. The van der Waals surface area contributed by atoms with Crippen LogP contribution in [0, 0.1) is 5.41 Å². The van der Waals surface area contributed by atoms with Crippen LogP contribution in [-0.2, 0) is 4.79 Å². The molecule has 0 aliphatic carbocycles. The maximum atomic E-state index is 11.8. The fraction of sp³-hybridized carbons (Fsp3) is 0.462. The van der Waals surface area contributed by atoms with Gasteiger partial charge in [-0.15, -0.1) is 0 Å². The van der Waals surface area contributed by atoms with Gasteiger partial charge < -0.3 is 5.32 Å². The summed E-state index contributed by atoms with van der Waals surface area (Å²) in [7, 11) is 0. The number of hydrogen-bond donors (Lipinski definition) is 1. The van der Waals surface area contributed by atoms with Crippen molar-refractivity contribution in [1.29, 1.82) is 0 Å². The summed E-state index contributed by atoms with van der Waals surface area (Å²) < 4.78 is 0. The number of hydrogen-bond acceptors (Lipinski definition) is 2. The van der Waals surface area contributed by atoms with E-state index in [1.54, 1.807) is 6.92 Å². The van der Waals surface area contributed by atoms with Crippen LogP contribution in [0.25, 0.3) is 0 Å². The Morgan fingerprint density at radius 3 is 2.62 bits per heavy atom. The van der Waals surface area contributed by atoms with E-state index in [2.05, 4.69) is 5.32 Å². The number of carbonyl (C=O) groups excluding carboxylic acids is 1. The van der Waals surface area contributed by atoms with E-state index < -0.39 is 0 Å². The molecule has 0 spiro atoms. The van der Waals surface area contributed by atoms with E-state index in [4.69, 9.17) is 11.6 Å². The first-order valence-corrected chi connectivity index (χ1v) is 5.92. The average molecular weight is 238 g/mol. The zero-order valence-corrected chi connectivity index (χ0v) is 10.3. The van der Waals surface area contributed by atoms with E-state index in [-0.39, 0.29) is 17.2 Å². The number of nitrogens with one attached hydrogen (secondary N) is 1. The highest BCUT2D eigenvalue weighted by Crippen LogP contribution is 2.41. The molecule has 0 saturated carbocycles. The van der Waals surface area contributed by atoms with E-state index >= 15 is 0 Å². The van der Waals surface area contributed by atoms with Crippen molar-refractivity contribution in [1.82, 2.24) is 5.32 Å². The number of Topliss-reactive ketones (excluding diaryl/α,β-unsaturated/α-hetero) is 1. The summed E-state index contributed by atoms with van der Waals surface area (Å²) in [4.78, 5) is 11.8. The van der Waals surface area contributed by atoms with Crippen molar-refractivity contribution >= 4 is 17.4 Å². The molecule has 1 aromatic carbocycles. The molecule has 0 aromatic heterocycles. The van der Waals surface area contributed by atoms with Gasteiger partial charge in [0, 0.05) is 16.5 Å². The van der Waals surface area contributed by atoms with Gasteiger partial charge in [0.2, 0.25) is 0 Å². The molecule has 0 bridgehead atoms. The highest BCUT2D eigenvalue weighted by molar-refractivity contribution is 6.30. The molecule has 16 heavy (non-hydrogen) atoms. The second-order valence-corrected chi connectivity index (χ2v) is 5.10. The van der Waals surface area contributed by atoms with Crippen LogP contribution in [-0.4, -0.2) is 12.3 Å². The minimum atomic E-state index is -0.284. The molecule has 2 nitrogen and oxygen atoms in total. The Hall–Kier alpha value is -0.860. The van der Waals surface area contributed by atoms with Gasteiger partial charge in [0.05, 0.1) is 0 Å². The predicted octanol–water partition coefficient (Wildman–Crippen LogP) is 2.97. The fourth-order valence-corrected chi connectivity index (χ4v) is 2.49. The number of carbonyl (C=O) groups is 1. The van der Waals surface area contributed by atoms with Crippen molar-refractivity contribution in [2.75, 3.05) is 6.54 Å². The minimum Gasteiger partial charge on any atom is -0.309 e. The molecule has 1 saturated heterocycles. The quantitative estimate of drug-likeness (QED) is 0.857. The van der Waals surface area contributed by atoms with Crippen LogP contribution < -0.4 is 5.32 Å². The van der Waals surface area contributed by atoms with Crippen molar-refractivity contribution in [2.24, 2.45) is 5.41 Å². The summed E-state index contributed by atoms with van der Waals surface area (Å²) in [6, 6.07) is 7.84. The van der Waals surface area contributed by atoms with Crippen LogP contribution in [0.1, 0.15) is 31.9 Å². The summed E-state index contributed by atoms with van der Waals surface area (Å²) in [6.07, 6.45) is 0.898. The second kappa shape index (κ2) is 4.19.